The lowest BCUT2D eigenvalue weighted by Crippen LogP contribution is -2.64. The van der Waals surface area contributed by atoms with Gasteiger partial charge in [-0.1, -0.05) is 18.2 Å². The van der Waals surface area contributed by atoms with Crippen LogP contribution >= 0.6 is 0 Å². The number of sulfonamides is 2. The highest BCUT2D eigenvalue weighted by molar-refractivity contribution is 7.92. The molecule has 240 valence electrons. The van der Waals surface area contributed by atoms with Crippen molar-refractivity contribution in [2.24, 2.45) is 0 Å². The predicted molar refractivity (Wildman–Crippen MR) is 144 cm³/mol. The standard InChI is InChI=1S/C24H25F6N7O5S2/c1-43(39,40)37(17-5-3-2-4-6-17)15-21(14-36(10-9-35-21)44(41,42)18-7-8-19(31)32-13-18)20-33-11-16(12-34-20)22(38,23(25,26)27)24(28,29)30/h2-8,11-13,35,38H,9-10,14-15H2,1H3,(H2,31,32)/t21-/m1/s1. The molecule has 12 nitrogen and oxygen atoms in total. The molecule has 0 aliphatic carbocycles. The van der Waals surface area contributed by atoms with Crippen LogP contribution < -0.4 is 15.4 Å². The molecule has 44 heavy (non-hydrogen) atoms. The maximum absolute atomic E-state index is 13.5. The summed E-state index contributed by atoms with van der Waals surface area (Å²) in [5, 5.41) is 12.7. The van der Waals surface area contributed by atoms with E-state index >= 15 is 0 Å². The zero-order valence-corrected chi connectivity index (χ0v) is 24.2. The fourth-order valence-corrected chi connectivity index (χ4v) is 6.98. The average molecular weight is 670 g/mol. The van der Waals surface area contributed by atoms with E-state index < -0.39 is 68.0 Å². The zero-order valence-electron chi connectivity index (χ0n) is 22.6. The monoisotopic (exact) mass is 669 g/mol. The van der Waals surface area contributed by atoms with Crippen LogP contribution in [0, 0.1) is 0 Å². The number of hydrogen-bond donors (Lipinski definition) is 3. The van der Waals surface area contributed by atoms with Gasteiger partial charge < -0.3 is 16.2 Å². The van der Waals surface area contributed by atoms with E-state index in [0.717, 1.165) is 21.1 Å². The van der Waals surface area contributed by atoms with E-state index in [-0.39, 0.29) is 41.9 Å². The highest BCUT2D eigenvalue weighted by Gasteiger charge is 2.72. The Hall–Kier alpha value is -3.59. The van der Waals surface area contributed by atoms with Gasteiger partial charge in [-0.3, -0.25) is 4.31 Å². The number of rotatable bonds is 8. The summed E-state index contributed by atoms with van der Waals surface area (Å²) >= 11 is 0. The molecule has 4 N–H and O–H groups in total. The minimum absolute atomic E-state index is 0.0245. The van der Waals surface area contributed by atoms with Crippen LogP contribution in [-0.2, 0) is 31.2 Å². The number of para-hydroxylation sites is 1. The molecule has 2 aromatic heterocycles. The number of nitrogens with two attached hydrogens (primary N) is 1. The van der Waals surface area contributed by atoms with E-state index in [0.29, 0.717) is 0 Å². The van der Waals surface area contributed by atoms with Gasteiger partial charge in [0.2, 0.25) is 20.0 Å². The number of nitrogens with zero attached hydrogens (tertiary/aromatic N) is 5. The maximum atomic E-state index is 13.5. The van der Waals surface area contributed by atoms with Gasteiger partial charge in [-0.25, -0.2) is 31.8 Å². The lowest BCUT2D eigenvalue weighted by Gasteiger charge is -2.44. The Kier molecular flexibility index (Phi) is 8.63. The van der Waals surface area contributed by atoms with E-state index in [2.05, 4.69) is 20.3 Å². The summed E-state index contributed by atoms with van der Waals surface area (Å²) in [4.78, 5) is 10.9. The first-order valence-electron chi connectivity index (χ1n) is 12.4. The van der Waals surface area contributed by atoms with Crippen LogP contribution in [0.2, 0.25) is 0 Å². The van der Waals surface area contributed by atoms with Crippen molar-refractivity contribution in [3.8, 4) is 0 Å². The molecule has 3 aromatic rings. The molecule has 0 radical (unpaired) electrons. The molecule has 0 unspecified atom stereocenters. The normalized spacial score (nSPS) is 19.1. The summed E-state index contributed by atoms with van der Waals surface area (Å²) < 4.78 is 136. The van der Waals surface area contributed by atoms with Crippen molar-refractivity contribution in [2.45, 2.75) is 28.4 Å². The van der Waals surface area contributed by atoms with Crippen molar-refractivity contribution in [3.63, 3.8) is 0 Å². The molecule has 1 aliphatic heterocycles. The highest BCUT2D eigenvalue weighted by atomic mass is 32.2. The van der Waals surface area contributed by atoms with Gasteiger partial charge in [0, 0.05) is 43.8 Å². The lowest BCUT2D eigenvalue weighted by molar-refractivity contribution is -0.376. The maximum Gasteiger partial charge on any atom is 0.430 e. The Labute approximate surface area is 247 Å². The Morgan fingerprint density at radius 1 is 0.955 bits per heavy atom. The molecule has 0 spiro atoms. The molecule has 0 amide bonds. The van der Waals surface area contributed by atoms with E-state index in [9.17, 15) is 48.3 Å². The second-order valence-corrected chi connectivity index (χ2v) is 13.7. The van der Waals surface area contributed by atoms with Crippen LogP contribution in [0.4, 0.5) is 37.8 Å². The summed E-state index contributed by atoms with van der Waals surface area (Å²) in [5.74, 6) is -0.524. The summed E-state index contributed by atoms with van der Waals surface area (Å²) in [6.07, 6.45) is -10.4. The van der Waals surface area contributed by atoms with Crippen LogP contribution in [0.15, 0.2) is 66.0 Å². The SMILES string of the molecule is CS(=O)(=O)N(C[C@@]1(c2ncc(C(O)(C(F)(F)F)C(F)(F)F)cn2)CN(S(=O)(=O)c2ccc(N)nc2)CCN1)c1ccccc1. The number of nitrogens with one attached hydrogen (secondary N) is 1. The first-order chi connectivity index (χ1) is 20.2. The minimum Gasteiger partial charge on any atom is -0.384 e. The van der Waals surface area contributed by atoms with Crippen molar-refractivity contribution >= 4 is 31.6 Å². The molecular weight excluding hydrogens is 644 g/mol. The number of nitrogen functional groups attached to an aromatic ring is 1. The fraction of sp³-hybridized carbons (Fsp3) is 0.375. The Balaban J connectivity index is 1.87. The molecule has 0 saturated carbocycles. The van der Waals surface area contributed by atoms with Gasteiger partial charge in [0.05, 0.1) is 18.5 Å². The summed E-state index contributed by atoms with van der Waals surface area (Å²) in [7, 11) is -8.48. The highest BCUT2D eigenvalue weighted by Crippen LogP contribution is 2.49. The summed E-state index contributed by atoms with van der Waals surface area (Å²) in [6, 6.07) is 9.87. The van der Waals surface area contributed by atoms with E-state index in [1.54, 1.807) is 6.07 Å². The Bertz CT molecular complexity index is 1680. The van der Waals surface area contributed by atoms with Gasteiger partial charge in [-0.05, 0) is 24.3 Å². The second-order valence-electron chi connectivity index (χ2n) is 9.87. The van der Waals surface area contributed by atoms with Crippen molar-refractivity contribution in [1.29, 1.82) is 0 Å². The van der Waals surface area contributed by atoms with Crippen LogP contribution in [-0.4, -0.2) is 86.0 Å². The van der Waals surface area contributed by atoms with E-state index in [4.69, 9.17) is 5.73 Å². The first-order valence-corrected chi connectivity index (χ1v) is 15.7. The third kappa shape index (κ3) is 6.16. The molecule has 1 atom stereocenters. The third-order valence-electron chi connectivity index (χ3n) is 6.84. The van der Waals surface area contributed by atoms with Crippen LogP contribution in [0.1, 0.15) is 11.4 Å². The van der Waals surface area contributed by atoms with Gasteiger partial charge in [-0.2, -0.15) is 30.6 Å². The number of piperazine rings is 1. The molecule has 3 heterocycles. The fourth-order valence-electron chi connectivity index (χ4n) is 4.57. The number of aliphatic hydroxyl groups is 1. The number of hydrogen-bond acceptors (Lipinski definition) is 10. The minimum atomic E-state index is -6.21. The number of alkyl halides is 6. The molecule has 20 heteroatoms. The number of benzene rings is 1. The lowest BCUT2D eigenvalue weighted by atomic mass is 9.93. The number of anilines is 2. The Morgan fingerprint density at radius 3 is 2.05 bits per heavy atom. The number of pyridine rings is 1. The number of halogens is 6. The zero-order chi connectivity index (χ0) is 32.8. The van der Waals surface area contributed by atoms with Gasteiger partial charge in [0.25, 0.3) is 5.60 Å². The third-order valence-corrected chi connectivity index (χ3v) is 9.81. The van der Waals surface area contributed by atoms with Gasteiger partial charge in [0.1, 0.15) is 16.3 Å². The molecule has 4 rings (SSSR count). The summed E-state index contributed by atoms with van der Waals surface area (Å²) in [6.45, 7) is -1.63. The van der Waals surface area contributed by atoms with Crippen LogP contribution in [0.25, 0.3) is 0 Å². The predicted octanol–water partition coefficient (Wildman–Crippen LogP) is 1.72. The Morgan fingerprint density at radius 2 is 1.55 bits per heavy atom. The van der Waals surface area contributed by atoms with E-state index in [1.807, 2.05) is 0 Å². The van der Waals surface area contributed by atoms with Gasteiger partial charge >= 0.3 is 12.4 Å². The van der Waals surface area contributed by atoms with Crippen LogP contribution in [0.5, 0.6) is 0 Å². The smallest absolute Gasteiger partial charge is 0.384 e. The van der Waals surface area contributed by atoms with Crippen molar-refractivity contribution in [2.75, 3.05) is 42.5 Å². The second kappa shape index (κ2) is 11.4. The molecule has 1 fully saturated rings. The van der Waals surface area contributed by atoms with Crippen molar-refractivity contribution < 1.29 is 48.3 Å². The average Bonchev–Trinajstić information content (AvgIpc) is 2.94. The van der Waals surface area contributed by atoms with Gasteiger partial charge in [0.15, 0.2) is 5.82 Å². The quantitative estimate of drug-likeness (QED) is 0.300. The topological polar surface area (TPSA) is 172 Å². The first kappa shape index (κ1) is 33.3. The largest absolute Gasteiger partial charge is 0.430 e. The van der Waals surface area contributed by atoms with Gasteiger partial charge in [-0.15, -0.1) is 0 Å². The van der Waals surface area contributed by atoms with Crippen molar-refractivity contribution in [1.82, 2.24) is 24.6 Å². The van der Waals surface area contributed by atoms with E-state index in [1.165, 1.54) is 36.4 Å². The molecular formula is C24H25F6N7O5S2. The molecule has 1 saturated heterocycles. The number of aromatic nitrogens is 3. The molecule has 1 aromatic carbocycles. The molecule has 0 bridgehead atoms. The van der Waals surface area contributed by atoms with Crippen molar-refractivity contribution in [3.05, 3.63) is 72.4 Å². The summed E-state index contributed by atoms with van der Waals surface area (Å²) in [5.41, 5.74) is -3.36. The molecule has 1 aliphatic rings. The van der Waals surface area contributed by atoms with Crippen LogP contribution in [0.3, 0.4) is 0 Å².